The van der Waals surface area contributed by atoms with E-state index in [2.05, 4.69) is 0 Å². The first-order valence-electron chi connectivity index (χ1n) is 3.20. The van der Waals surface area contributed by atoms with Crippen LogP contribution in [0.3, 0.4) is 0 Å². The Morgan fingerprint density at radius 3 is 2.64 bits per heavy atom. The van der Waals surface area contributed by atoms with Crippen molar-refractivity contribution < 1.29 is 4.39 Å². The molecule has 60 valence electrons. The monoisotopic (exact) mass is 173 g/mol. The molecule has 0 radical (unpaired) electrons. The molecule has 0 unspecified atom stereocenters. The van der Waals surface area contributed by atoms with E-state index in [0.717, 1.165) is 0 Å². The van der Waals surface area contributed by atoms with E-state index < -0.39 is 0 Å². The normalized spacial score (nSPS) is 9.91. The van der Waals surface area contributed by atoms with E-state index in [9.17, 15) is 9.18 Å². The first kappa shape index (κ1) is 8.33. The SMILES string of the molecule is O=c1ccn(SCCF)cc1. The van der Waals surface area contributed by atoms with Crippen molar-refractivity contribution in [3.05, 3.63) is 34.7 Å². The van der Waals surface area contributed by atoms with E-state index in [0.29, 0.717) is 5.75 Å². The highest BCUT2D eigenvalue weighted by Gasteiger charge is 1.88. The van der Waals surface area contributed by atoms with Crippen LogP contribution in [0.15, 0.2) is 29.3 Å². The van der Waals surface area contributed by atoms with Crippen LogP contribution in [0, 0.1) is 0 Å². The standard InChI is InChI=1S/C7H8FNOS/c8-3-6-11-9-4-1-7(10)2-5-9/h1-2,4-5H,3,6H2. The average Bonchev–Trinajstić information content (AvgIpc) is 2.04. The van der Waals surface area contributed by atoms with Gasteiger partial charge >= 0.3 is 0 Å². The van der Waals surface area contributed by atoms with E-state index >= 15 is 0 Å². The maximum absolute atomic E-state index is 11.7. The van der Waals surface area contributed by atoms with Crippen LogP contribution in [0.25, 0.3) is 0 Å². The lowest BCUT2D eigenvalue weighted by Gasteiger charge is -2.00. The molecule has 0 bridgehead atoms. The summed E-state index contributed by atoms with van der Waals surface area (Å²) in [4.78, 5) is 10.6. The third-order valence-corrected chi connectivity index (χ3v) is 1.97. The summed E-state index contributed by atoms with van der Waals surface area (Å²) in [5, 5.41) is 0. The molecule has 2 nitrogen and oxygen atoms in total. The molecule has 1 aromatic rings. The zero-order valence-corrected chi connectivity index (χ0v) is 6.68. The van der Waals surface area contributed by atoms with Crippen molar-refractivity contribution in [3.63, 3.8) is 0 Å². The molecular weight excluding hydrogens is 165 g/mol. The molecule has 0 amide bonds. The van der Waals surface area contributed by atoms with Gasteiger partial charge < -0.3 is 0 Å². The average molecular weight is 173 g/mol. The summed E-state index contributed by atoms with van der Waals surface area (Å²) in [6, 6.07) is 2.90. The molecule has 0 aliphatic rings. The van der Waals surface area contributed by atoms with Gasteiger partial charge in [-0.2, -0.15) is 0 Å². The second kappa shape index (κ2) is 4.18. The third-order valence-electron chi connectivity index (χ3n) is 1.09. The van der Waals surface area contributed by atoms with Crippen LogP contribution in [-0.4, -0.2) is 16.4 Å². The zero-order chi connectivity index (χ0) is 8.10. The number of alkyl halides is 1. The zero-order valence-electron chi connectivity index (χ0n) is 5.87. The molecule has 0 aliphatic carbocycles. The van der Waals surface area contributed by atoms with Crippen molar-refractivity contribution >= 4 is 11.9 Å². The second-order valence-electron chi connectivity index (χ2n) is 1.92. The topological polar surface area (TPSA) is 22.0 Å². The Labute approximate surface area is 68.2 Å². The molecule has 0 spiro atoms. The van der Waals surface area contributed by atoms with Crippen LogP contribution in [0.5, 0.6) is 0 Å². The Morgan fingerprint density at radius 2 is 2.09 bits per heavy atom. The van der Waals surface area contributed by atoms with Crippen molar-refractivity contribution in [2.24, 2.45) is 0 Å². The fourth-order valence-corrected chi connectivity index (χ4v) is 1.20. The number of hydrogen-bond acceptors (Lipinski definition) is 2. The van der Waals surface area contributed by atoms with Crippen LogP contribution in [0.2, 0.25) is 0 Å². The molecule has 0 saturated heterocycles. The van der Waals surface area contributed by atoms with Crippen LogP contribution in [0.1, 0.15) is 0 Å². The van der Waals surface area contributed by atoms with Gasteiger partial charge in [0.05, 0.1) is 0 Å². The molecule has 0 atom stereocenters. The summed E-state index contributed by atoms with van der Waals surface area (Å²) in [5.74, 6) is 0.420. The molecule has 0 aliphatic heterocycles. The molecule has 11 heavy (non-hydrogen) atoms. The van der Waals surface area contributed by atoms with Crippen LogP contribution in [0.4, 0.5) is 4.39 Å². The van der Waals surface area contributed by atoms with E-state index in [4.69, 9.17) is 0 Å². The van der Waals surface area contributed by atoms with Gasteiger partial charge in [-0.25, -0.2) is 0 Å². The maximum atomic E-state index is 11.7. The number of nitrogens with zero attached hydrogens (tertiary/aromatic N) is 1. The molecule has 1 rings (SSSR count). The second-order valence-corrected chi connectivity index (χ2v) is 3.00. The summed E-state index contributed by atoms with van der Waals surface area (Å²) >= 11 is 1.33. The molecular formula is C7H8FNOS. The highest BCUT2D eigenvalue weighted by atomic mass is 32.2. The Morgan fingerprint density at radius 1 is 1.45 bits per heavy atom. The lowest BCUT2D eigenvalue weighted by molar-refractivity contribution is 0.532. The number of aromatic nitrogens is 1. The molecule has 0 aromatic carbocycles. The van der Waals surface area contributed by atoms with Crippen LogP contribution in [-0.2, 0) is 0 Å². The summed E-state index contributed by atoms with van der Waals surface area (Å²) in [6.45, 7) is -0.350. The van der Waals surface area contributed by atoms with Gasteiger partial charge in [0.2, 0.25) is 0 Å². The summed E-state index contributed by atoms with van der Waals surface area (Å²) in [6.07, 6.45) is 3.26. The predicted molar refractivity (Wildman–Crippen MR) is 44.5 cm³/mol. The number of pyridine rings is 1. The van der Waals surface area contributed by atoms with Crippen LogP contribution < -0.4 is 5.43 Å². The summed E-state index contributed by atoms with van der Waals surface area (Å²) < 4.78 is 13.4. The smallest absolute Gasteiger partial charge is 0.181 e. The number of hydrogen-bond donors (Lipinski definition) is 0. The van der Waals surface area contributed by atoms with Gasteiger partial charge in [0.1, 0.15) is 6.67 Å². The Kier molecular flexibility index (Phi) is 3.16. The van der Waals surface area contributed by atoms with E-state index in [1.807, 2.05) is 0 Å². The largest absolute Gasteiger partial charge is 0.299 e. The van der Waals surface area contributed by atoms with Crippen molar-refractivity contribution in [3.8, 4) is 0 Å². The van der Waals surface area contributed by atoms with Crippen molar-refractivity contribution in [1.29, 1.82) is 0 Å². The quantitative estimate of drug-likeness (QED) is 0.687. The van der Waals surface area contributed by atoms with Gasteiger partial charge in [0.25, 0.3) is 0 Å². The Hall–Kier alpha value is -0.770. The molecule has 1 heterocycles. The van der Waals surface area contributed by atoms with Gasteiger partial charge in [-0.3, -0.25) is 13.2 Å². The van der Waals surface area contributed by atoms with E-state index in [-0.39, 0.29) is 12.1 Å². The van der Waals surface area contributed by atoms with Gasteiger partial charge in [-0.1, -0.05) is 0 Å². The minimum atomic E-state index is -0.350. The molecule has 1 aromatic heterocycles. The third kappa shape index (κ3) is 2.76. The van der Waals surface area contributed by atoms with Crippen LogP contribution >= 0.6 is 11.9 Å². The predicted octanol–water partition coefficient (Wildman–Crippen LogP) is 1.31. The first-order chi connectivity index (χ1) is 5.33. The van der Waals surface area contributed by atoms with Crippen molar-refractivity contribution in [1.82, 2.24) is 3.97 Å². The van der Waals surface area contributed by atoms with Crippen molar-refractivity contribution in [2.75, 3.05) is 12.4 Å². The number of rotatable bonds is 3. The molecule has 0 N–H and O–H groups in total. The van der Waals surface area contributed by atoms with E-state index in [1.54, 1.807) is 16.4 Å². The molecule has 0 fully saturated rings. The van der Waals surface area contributed by atoms with Crippen molar-refractivity contribution in [2.45, 2.75) is 0 Å². The van der Waals surface area contributed by atoms with Gasteiger partial charge in [0, 0.05) is 30.3 Å². The first-order valence-corrected chi connectivity index (χ1v) is 4.15. The Bertz CT molecular complexity index is 253. The summed E-state index contributed by atoms with van der Waals surface area (Å²) in [5.41, 5.74) is -0.0258. The highest BCUT2D eigenvalue weighted by molar-refractivity contribution is 7.97. The van der Waals surface area contributed by atoms with Gasteiger partial charge in [0.15, 0.2) is 5.43 Å². The maximum Gasteiger partial charge on any atom is 0.181 e. The molecule has 0 saturated carbocycles. The summed E-state index contributed by atoms with van der Waals surface area (Å²) in [7, 11) is 0. The van der Waals surface area contributed by atoms with E-state index in [1.165, 1.54) is 24.1 Å². The minimum Gasteiger partial charge on any atom is -0.299 e. The lowest BCUT2D eigenvalue weighted by atomic mass is 10.5. The fourth-order valence-electron chi connectivity index (χ4n) is 0.625. The molecule has 4 heteroatoms. The number of halogens is 1. The van der Waals surface area contributed by atoms with Gasteiger partial charge in [-0.05, 0) is 11.9 Å². The van der Waals surface area contributed by atoms with Gasteiger partial charge in [-0.15, -0.1) is 0 Å². The lowest BCUT2D eigenvalue weighted by Crippen LogP contribution is -1.99. The minimum absolute atomic E-state index is 0.0258. The Balaban J connectivity index is 2.59. The fraction of sp³-hybridized carbons (Fsp3) is 0.286. The highest BCUT2D eigenvalue weighted by Crippen LogP contribution is 2.02.